The number of rotatable bonds is 6. The Balaban J connectivity index is 2.44. The van der Waals surface area contributed by atoms with E-state index in [1.807, 2.05) is 13.0 Å². The quantitative estimate of drug-likeness (QED) is 0.731. The van der Waals surface area contributed by atoms with E-state index in [2.05, 4.69) is 26.6 Å². The van der Waals surface area contributed by atoms with Crippen molar-refractivity contribution in [2.75, 3.05) is 11.9 Å². The van der Waals surface area contributed by atoms with E-state index in [0.717, 1.165) is 0 Å². The lowest BCUT2D eigenvalue weighted by Gasteiger charge is -2.13. The molecule has 0 bridgehead atoms. The molecular weight excluding hydrogens is 338 g/mol. The number of amides is 2. The standard InChI is InChI=1S/C14H16BrN3O3/c1-9(2-5-13(19)20)8-17-14(21)18-12-4-3-10(7-16)6-11(12)15/h3-4,6,9H,2,5,8H2,1H3,(H,19,20)(H2,17,18,21). The van der Waals surface area contributed by atoms with Gasteiger partial charge in [0.25, 0.3) is 0 Å². The summed E-state index contributed by atoms with van der Waals surface area (Å²) in [7, 11) is 0. The van der Waals surface area contributed by atoms with Crippen LogP contribution in [0.1, 0.15) is 25.3 Å². The number of hydrogen-bond acceptors (Lipinski definition) is 3. The van der Waals surface area contributed by atoms with Crippen molar-refractivity contribution in [3.8, 4) is 6.07 Å². The van der Waals surface area contributed by atoms with E-state index < -0.39 is 5.97 Å². The minimum absolute atomic E-state index is 0.0799. The topological polar surface area (TPSA) is 102 Å². The van der Waals surface area contributed by atoms with Crippen molar-refractivity contribution >= 4 is 33.6 Å². The Morgan fingerprint density at radius 2 is 2.19 bits per heavy atom. The van der Waals surface area contributed by atoms with Crippen LogP contribution in [0.3, 0.4) is 0 Å². The number of urea groups is 1. The summed E-state index contributed by atoms with van der Waals surface area (Å²) in [5, 5.41) is 22.7. The zero-order valence-electron chi connectivity index (χ0n) is 11.5. The van der Waals surface area contributed by atoms with E-state index in [-0.39, 0.29) is 18.4 Å². The van der Waals surface area contributed by atoms with Gasteiger partial charge in [-0.05, 0) is 46.5 Å². The van der Waals surface area contributed by atoms with Crippen LogP contribution >= 0.6 is 15.9 Å². The Bertz CT molecular complexity index is 569. The van der Waals surface area contributed by atoms with Gasteiger partial charge in [0.2, 0.25) is 0 Å². The number of carboxylic acids is 1. The monoisotopic (exact) mass is 353 g/mol. The molecule has 1 aromatic rings. The molecule has 0 spiro atoms. The molecule has 1 unspecified atom stereocenters. The molecule has 1 aromatic carbocycles. The number of anilines is 1. The average molecular weight is 354 g/mol. The van der Waals surface area contributed by atoms with Gasteiger partial charge in [-0.3, -0.25) is 4.79 Å². The highest BCUT2D eigenvalue weighted by Gasteiger charge is 2.09. The molecule has 0 saturated heterocycles. The molecule has 6 nitrogen and oxygen atoms in total. The van der Waals surface area contributed by atoms with Gasteiger partial charge < -0.3 is 15.7 Å². The van der Waals surface area contributed by atoms with E-state index in [4.69, 9.17) is 10.4 Å². The van der Waals surface area contributed by atoms with Gasteiger partial charge in [-0.1, -0.05) is 6.92 Å². The second-order valence-corrected chi connectivity index (χ2v) is 5.53. The summed E-state index contributed by atoms with van der Waals surface area (Å²) in [5.74, 6) is -0.760. The highest BCUT2D eigenvalue weighted by atomic mass is 79.9. The van der Waals surface area contributed by atoms with Crippen LogP contribution < -0.4 is 10.6 Å². The maximum atomic E-state index is 11.7. The largest absolute Gasteiger partial charge is 0.481 e. The second-order valence-electron chi connectivity index (χ2n) is 4.68. The van der Waals surface area contributed by atoms with Gasteiger partial charge in [0, 0.05) is 17.4 Å². The lowest BCUT2D eigenvalue weighted by atomic mass is 10.1. The Kier molecular flexibility index (Phi) is 6.69. The van der Waals surface area contributed by atoms with Gasteiger partial charge in [0.1, 0.15) is 0 Å². The number of carbonyl (C=O) groups excluding carboxylic acids is 1. The first-order valence-electron chi connectivity index (χ1n) is 6.38. The highest BCUT2D eigenvalue weighted by Crippen LogP contribution is 2.23. The number of hydrogen-bond donors (Lipinski definition) is 3. The number of nitriles is 1. The van der Waals surface area contributed by atoms with E-state index in [9.17, 15) is 9.59 Å². The number of nitrogens with zero attached hydrogens (tertiary/aromatic N) is 1. The van der Waals surface area contributed by atoms with Crippen molar-refractivity contribution in [1.29, 1.82) is 5.26 Å². The summed E-state index contributed by atoms with van der Waals surface area (Å²) in [6, 6.07) is 6.49. The van der Waals surface area contributed by atoms with E-state index >= 15 is 0 Å². The number of aliphatic carboxylic acids is 1. The number of carbonyl (C=O) groups is 2. The molecular formula is C14H16BrN3O3. The molecule has 0 saturated carbocycles. The van der Waals surface area contributed by atoms with Crippen molar-refractivity contribution in [2.45, 2.75) is 19.8 Å². The SMILES string of the molecule is CC(CCC(=O)O)CNC(=O)Nc1ccc(C#N)cc1Br. The Morgan fingerprint density at radius 1 is 1.48 bits per heavy atom. The van der Waals surface area contributed by atoms with E-state index in [1.165, 1.54) is 0 Å². The number of benzene rings is 1. The van der Waals surface area contributed by atoms with Gasteiger partial charge in [-0.25, -0.2) is 4.79 Å². The fourth-order valence-electron chi connectivity index (χ4n) is 1.59. The van der Waals surface area contributed by atoms with Crippen LogP contribution in [-0.4, -0.2) is 23.7 Å². The van der Waals surface area contributed by atoms with Crippen LogP contribution in [0.4, 0.5) is 10.5 Å². The first-order chi connectivity index (χ1) is 9.92. The number of nitrogens with one attached hydrogen (secondary N) is 2. The predicted molar refractivity (Wildman–Crippen MR) is 81.9 cm³/mol. The van der Waals surface area contributed by atoms with Gasteiger partial charge >= 0.3 is 12.0 Å². The molecule has 0 radical (unpaired) electrons. The molecule has 0 aliphatic carbocycles. The smallest absolute Gasteiger partial charge is 0.319 e. The van der Waals surface area contributed by atoms with Gasteiger partial charge in [-0.15, -0.1) is 0 Å². The van der Waals surface area contributed by atoms with E-state index in [0.29, 0.717) is 28.7 Å². The maximum absolute atomic E-state index is 11.7. The van der Waals surface area contributed by atoms with Crippen LogP contribution in [0, 0.1) is 17.2 Å². The first kappa shape index (κ1) is 17.0. The minimum Gasteiger partial charge on any atom is -0.481 e. The molecule has 1 rings (SSSR count). The Morgan fingerprint density at radius 3 is 2.76 bits per heavy atom. The molecule has 2 amide bonds. The Labute approximate surface area is 131 Å². The number of carboxylic acid groups (broad SMARTS) is 1. The zero-order valence-corrected chi connectivity index (χ0v) is 13.1. The molecule has 0 heterocycles. The normalized spacial score (nSPS) is 11.3. The fraction of sp³-hybridized carbons (Fsp3) is 0.357. The first-order valence-corrected chi connectivity index (χ1v) is 7.18. The molecule has 112 valence electrons. The third kappa shape index (κ3) is 6.27. The number of halogens is 1. The van der Waals surface area contributed by atoms with Gasteiger partial charge in [0.15, 0.2) is 0 Å². The summed E-state index contributed by atoms with van der Waals surface area (Å²) in [4.78, 5) is 22.2. The van der Waals surface area contributed by atoms with Gasteiger partial charge in [0.05, 0.1) is 17.3 Å². The minimum atomic E-state index is -0.840. The van der Waals surface area contributed by atoms with Crippen LogP contribution in [-0.2, 0) is 4.79 Å². The Hall–Kier alpha value is -2.07. The second kappa shape index (κ2) is 8.27. The van der Waals surface area contributed by atoms with Crippen LogP contribution in [0.15, 0.2) is 22.7 Å². The van der Waals surface area contributed by atoms with Crippen LogP contribution in [0.25, 0.3) is 0 Å². The maximum Gasteiger partial charge on any atom is 0.319 e. The van der Waals surface area contributed by atoms with Gasteiger partial charge in [-0.2, -0.15) is 5.26 Å². The molecule has 0 aliphatic rings. The van der Waals surface area contributed by atoms with Crippen LogP contribution in [0.5, 0.6) is 0 Å². The summed E-state index contributed by atoms with van der Waals surface area (Å²) < 4.78 is 0.621. The summed E-state index contributed by atoms with van der Waals surface area (Å²) >= 11 is 3.28. The van der Waals surface area contributed by atoms with Crippen LogP contribution in [0.2, 0.25) is 0 Å². The average Bonchev–Trinajstić information content (AvgIpc) is 2.45. The fourth-order valence-corrected chi connectivity index (χ4v) is 2.07. The van der Waals surface area contributed by atoms with Crippen molar-refractivity contribution in [3.63, 3.8) is 0 Å². The predicted octanol–water partition coefficient (Wildman–Crippen LogP) is 2.94. The molecule has 0 aliphatic heterocycles. The molecule has 21 heavy (non-hydrogen) atoms. The lowest BCUT2D eigenvalue weighted by molar-refractivity contribution is -0.137. The third-order valence-corrected chi connectivity index (χ3v) is 3.46. The van der Waals surface area contributed by atoms with Crippen molar-refractivity contribution in [3.05, 3.63) is 28.2 Å². The molecule has 0 aromatic heterocycles. The molecule has 1 atom stereocenters. The molecule has 7 heteroatoms. The van der Waals surface area contributed by atoms with Crippen molar-refractivity contribution in [2.24, 2.45) is 5.92 Å². The van der Waals surface area contributed by atoms with Crippen molar-refractivity contribution < 1.29 is 14.7 Å². The van der Waals surface area contributed by atoms with Crippen molar-refractivity contribution in [1.82, 2.24) is 5.32 Å². The summed E-state index contributed by atoms with van der Waals surface area (Å²) in [6.45, 7) is 2.27. The lowest BCUT2D eigenvalue weighted by Crippen LogP contribution is -2.32. The molecule has 0 fully saturated rings. The van der Waals surface area contributed by atoms with E-state index in [1.54, 1.807) is 18.2 Å². The summed E-state index contributed by atoms with van der Waals surface area (Å²) in [6.07, 6.45) is 0.599. The zero-order chi connectivity index (χ0) is 15.8. The molecule has 3 N–H and O–H groups in total. The summed E-state index contributed by atoms with van der Waals surface area (Å²) in [5.41, 5.74) is 1.06. The highest BCUT2D eigenvalue weighted by molar-refractivity contribution is 9.10. The third-order valence-electron chi connectivity index (χ3n) is 2.81.